The number of pyridine rings is 1. The third-order valence-electron chi connectivity index (χ3n) is 6.43. The summed E-state index contributed by atoms with van der Waals surface area (Å²) in [6.07, 6.45) is 6.43. The van der Waals surface area contributed by atoms with Gasteiger partial charge in [0.15, 0.2) is 0 Å². The van der Waals surface area contributed by atoms with E-state index < -0.39 is 17.5 Å². The smallest absolute Gasteiger partial charge is 0.407 e. The van der Waals surface area contributed by atoms with Gasteiger partial charge in [-0.25, -0.2) is 14.2 Å². The Balaban J connectivity index is 1.46. The fourth-order valence-corrected chi connectivity index (χ4v) is 5.80. The Bertz CT molecular complexity index is 1600. The van der Waals surface area contributed by atoms with Gasteiger partial charge in [0.05, 0.1) is 10.4 Å². The van der Waals surface area contributed by atoms with Crippen LogP contribution in [0.2, 0.25) is 0 Å². The lowest BCUT2D eigenvalue weighted by atomic mass is 10.0. The maximum atomic E-state index is 14.6. The first-order valence-corrected chi connectivity index (χ1v) is 13.5. The maximum Gasteiger partial charge on any atom is 0.407 e. The van der Waals surface area contributed by atoms with Gasteiger partial charge < -0.3 is 19.4 Å². The van der Waals surface area contributed by atoms with Gasteiger partial charge in [-0.15, -0.1) is 11.3 Å². The van der Waals surface area contributed by atoms with E-state index >= 15 is 0 Å². The minimum absolute atomic E-state index is 0.0394. The second kappa shape index (κ2) is 10.5. The zero-order valence-electron chi connectivity index (χ0n) is 21.9. The Hall–Kier alpha value is -4.23. The Labute approximate surface area is 229 Å². The average Bonchev–Trinajstić information content (AvgIpc) is 3.54. The molecule has 1 aliphatic heterocycles. The van der Waals surface area contributed by atoms with Crippen LogP contribution in [0.15, 0.2) is 55.0 Å². The molecule has 1 aromatic carbocycles. The molecule has 10 heteroatoms. The minimum atomic E-state index is -0.615. The van der Waals surface area contributed by atoms with Gasteiger partial charge in [0.2, 0.25) is 0 Å². The summed E-state index contributed by atoms with van der Waals surface area (Å²) in [4.78, 5) is 33.4. The summed E-state index contributed by atoms with van der Waals surface area (Å²) in [5.74, 6) is -0.769. The summed E-state index contributed by atoms with van der Waals surface area (Å²) >= 11 is 1.33. The van der Waals surface area contributed by atoms with E-state index in [1.807, 2.05) is 35.0 Å². The Morgan fingerprint density at radius 1 is 1.18 bits per heavy atom. The predicted molar refractivity (Wildman–Crippen MR) is 147 cm³/mol. The number of ether oxygens (including phenoxy) is 1. The lowest BCUT2D eigenvalue weighted by Gasteiger charge is -2.33. The fourth-order valence-electron chi connectivity index (χ4n) is 4.66. The molecule has 8 nitrogen and oxygen atoms in total. The summed E-state index contributed by atoms with van der Waals surface area (Å²) < 4.78 is 21.9. The highest BCUT2D eigenvalue weighted by Crippen LogP contribution is 2.40. The number of halogens is 1. The quantitative estimate of drug-likeness (QED) is 0.346. The van der Waals surface area contributed by atoms with Gasteiger partial charge in [0, 0.05) is 48.2 Å². The van der Waals surface area contributed by atoms with Crippen LogP contribution >= 0.6 is 11.3 Å². The van der Waals surface area contributed by atoms with Crippen molar-refractivity contribution in [2.45, 2.75) is 45.3 Å². The molecule has 5 rings (SSSR count). The van der Waals surface area contributed by atoms with Crippen LogP contribution in [0.3, 0.4) is 0 Å². The molecule has 0 saturated carbocycles. The molecule has 0 radical (unpaired) electrons. The number of imidazole rings is 1. The number of nitrogens with zero attached hydrogens (tertiary/aromatic N) is 4. The molecule has 0 spiro atoms. The molecule has 1 N–H and O–H groups in total. The molecule has 0 bridgehead atoms. The second-order valence-corrected chi connectivity index (χ2v) is 11.6. The van der Waals surface area contributed by atoms with Gasteiger partial charge in [-0.1, -0.05) is 6.07 Å². The minimum Gasteiger partial charge on any atom is -0.444 e. The number of hydrogen-bond acceptors (Lipinski definition) is 6. The van der Waals surface area contributed by atoms with Crippen molar-refractivity contribution in [3.05, 3.63) is 71.2 Å². The SMILES string of the molecule is CC(C)(C)OC(=O)N[C@@H]1CCCN(C(=O)c2cc(-c3ccc(C#N)c(F)c3)c(-c3ccn4ccnc4c3)s2)C1. The third kappa shape index (κ3) is 5.78. The molecule has 39 heavy (non-hydrogen) atoms. The Morgan fingerprint density at radius 2 is 2.00 bits per heavy atom. The van der Waals surface area contributed by atoms with Gasteiger partial charge in [0.25, 0.3) is 5.91 Å². The molecule has 1 saturated heterocycles. The van der Waals surface area contributed by atoms with Crippen molar-refractivity contribution >= 4 is 29.0 Å². The molecule has 0 unspecified atom stereocenters. The molecule has 1 aliphatic rings. The molecule has 2 amide bonds. The number of piperidine rings is 1. The number of nitriles is 1. The number of thiophene rings is 1. The van der Waals surface area contributed by atoms with Crippen LogP contribution in [0.4, 0.5) is 9.18 Å². The van der Waals surface area contributed by atoms with Crippen LogP contribution in [-0.4, -0.2) is 51.0 Å². The van der Waals surface area contributed by atoms with Crippen molar-refractivity contribution in [1.29, 1.82) is 5.26 Å². The molecule has 1 fully saturated rings. The first-order chi connectivity index (χ1) is 18.6. The van der Waals surface area contributed by atoms with Crippen molar-refractivity contribution < 1.29 is 18.7 Å². The number of amides is 2. The summed E-state index contributed by atoms with van der Waals surface area (Å²) in [5.41, 5.74) is 2.22. The molecule has 4 heterocycles. The number of aromatic nitrogens is 2. The highest BCUT2D eigenvalue weighted by atomic mass is 32.1. The number of hydrogen-bond donors (Lipinski definition) is 1. The van der Waals surface area contributed by atoms with E-state index in [0.29, 0.717) is 29.1 Å². The predicted octanol–water partition coefficient (Wildman–Crippen LogP) is 5.87. The molecule has 1 atom stereocenters. The lowest BCUT2D eigenvalue weighted by Crippen LogP contribution is -2.50. The molecular formula is C29H28FN5O3S. The van der Waals surface area contributed by atoms with Crippen molar-refractivity contribution in [2.75, 3.05) is 13.1 Å². The molecule has 200 valence electrons. The van der Waals surface area contributed by atoms with Gasteiger partial charge in [-0.05, 0) is 75.1 Å². The van der Waals surface area contributed by atoms with Crippen molar-refractivity contribution in [3.8, 4) is 27.6 Å². The second-order valence-electron chi connectivity index (χ2n) is 10.5. The topological polar surface area (TPSA) is 99.7 Å². The fraction of sp³-hybridized carbons (Fsp3) is 0.310. The van der Waals surface area contributed by atoms with Gasteiger partial charge >= 0.3 is 6.09 Å². The monoisotopic (exact) mass is 545 g/mol. The maximum absolute atomic E-state index is 14.6. The van der Waals surface area contributed by atoms with Gasteiger partial charge in [0.1, 0.15) is 23.1 Å². The van der Waals surface area contributed by atoms with Crippen LogP contribution in [-0.2, 0) is 4.74 Å². The number of carbonyl (C=O) groups is 2. The van der Waals surface area contributed by atoms with E-state index in [9.17, 15) is 14.0 Å². The van der Waals surface area contributed by atoms with E-state index in [2.05, 4.69) is 10.3 Å². The van der Waals surface area contributed by atoms with Gasteiger partial charge in [-0.3, -0.25) is 4.79 Å². The van der Waals surface area contributed by atoms with Crippen molar-refractivity contribution in [3.63, 3.8) is 0 Å². The van der Waals surface area contributed by atoms with E-state index in [-0.39, 0.29) is 17.5 Å². The standard InChI is InChI=1S/C29H28FN5O3S/c1-29(2,3)38-28(37)33-21-5-4-10-35(17-21)27(36)24-15-22(18-6-7-20(16-31)23(30)13-18)26(39-24)19-8-11-34-12-9-32-25(34)14-19/h6-9,11-15,21H,4-5,10,17H2,1-3H3,(H,33,37)/t21-/m1/s1. The Kier molecular flexibility index (Phi) is 7.10. The number of nitrogens with one attached hydrogen (secondary N) is 1. The molecular weight excluding hydrogens is 517 g/mol. The summed E-state index contributed by atoms with van der Waals surface area (Å²) in [7, 11) is 0. The largest absolute Gasteiger partial charge is 0.444 e. The van der Waals surface area contributed by atoms with Crippen molar-refractivity contribution in [2.24, 2.45) is 0 Å². The first kappa shape index (κ1) is 26.4. The van der Waals surface area contributed by atoms with E-state index in [0.717, 1.165) is 28.9 Å². The third-order valence-corrected chi connectivity index (χ3v) is 7.61. The van der Waals surface area contributed by atoms with Gasteiger partial charge in [-0.2, -0.15) is 5.26 Å². The van der Waals surface area contributed by atoms with Crippen LogP contribution in [0.5, 0.6) is 0 Å². The van der Waals surface area contributed by atoms with E-state index in [1.165, 1.54) is 23.5 Å². The van der Waals surface area contributed by atoms with E-state index in [1.54, 1.807) is 44.0 Å². The normalized spacial score (nSPS) is 15.7. The molecule has 4 aromatic rings. The molecule has 3 aromatic heterocycles. The number of likely N-dealkylation sites (tertiary alicyclic amines) is 1. The van der Waals surface area contributed by atoms with Crippen LogP contribution < -0.4 is 5.32 Å². The number of carbonyl (C=O) groups excluding carboxylic acids is 2. The highest BCUT2D eigenvalue weighted by molar-refractivity contribution is 7.18. The summed E-state index contributed by atoms with van der Waals surface area (Å²) in [6.45, 7) is 6.35. The summed E-state index contributed by atoms with van der Waals surface area (Å²) in [6, 6.07) is 11.7. The Morgan fingerprint density at radius 3 is 2.74 bits per heavy atom. The van der Waals surface area contributed by atoms with Crippen LogP contribution in [0.25, 0.3) is 27.2 Å². The average molecular weight is 546 g/mol. The number of fused-ring (bicyclic) bond motifs is 1. The van der Waals surface area contributed by atoms with Crippen molar-refractivity contribution in [1.82, 2.24) is 19.6 Å². The first-order valence-electron chi connectivity index (χ1n) is 12.7. The highest BCUT2D eigenvalue weighted by Gasteiger charge is 2.29. The number of rotatable bonds is 4. The van der Waals surface area contributed by atoms with Crippen LogP contribution in [0.1, 0.15) is 48.8 Å². The zero-order valence-corrected chi connectivity index (χ0v) is 22.7. The zero-order chi connectivity index (χ0) is 27.7. The molecule has 0 aliphatic carbocycles. The number of alkyl carbamates (subject to hydrolysis) is 1. The van der Waals surface area contributed by atoms with E-state index in [4.69, 9.17) is 10.00 Å². The van der Waals surface area contributed by atoms with Crippen LogP contribution in [0, 0.1) is 17.1 Å². The summed E-state index contributed by atoms with van der Waals surface area (Å²) in [5, 5.41) is 12.0. The lowest BCUT2D eigenvalue weighted by molar-refractivity contribution is 0.0453. The number of benzene rings is 1.